The first kappa shape index (κ1) is 15.0. The van der Waals surface area contributed by atoms with Crippen molar-refractivity contribution >= 4 is 16.7 Å². The van der Waals surface area contributed by atoms with Gasteiger partial charge in [0.1, 0.15) is 6.04 Å². The molecular weight excluding hydrogens is 276 g/mol. The summed E-state index contributed by atoms with van der Waals surface area (Å²) in [5.74, 6) is -0.300. The lowest BCUT2D eigenvalue weighted by molar-refractivity contribution is -0.135. The maximum atomic E-state index is 11.7. The highest BCUT2D eigenvalue weighted by Crippen LogP contribution is 2.18. The molecular formula is C18H22N2O2. The second-order valence-corrected chi connectivity index (χ2v) is 5.89. The molecule has 2 N–H and O–H groups in total. The number of benzene rings is 2. The summed E-state index contributed by atoms with van der Waals surface area (Å²) in [7, 11) is 0. The molecule has 1 heterocycles. The van der Waals surface area contributed by atoms with Crippen molar-refractivity contribution in [1.82, 2.24) is 4.90 Å². The molecule has 1 amide bonds. The summed E-state index contributed by atoms with van der Waals surface area (Å²) in [6, 6.07) is 14.6. The molecule has 1 aliphatic rings. The first-order valence-corrected chi connectivity index (χ1v) is 7.78. The van der Waals surface area contributed by atoms with Gasteiger partial charge in [-0.25, -0.2) is 0 Å². The molecule has 0 aliphatic carbocycles. The summed E-state index contributed by atoms with van der Waals surface area (Å²) >= 11 is 0. The molecule has 0 unspecified atom stereocenters. The average Bonchev–Trinajstić information content (AvgIpc) is 2.52. The molecule has 4 nitrogen and oxygen atoms in total. The van der Waals surface area contributed by atoms with Crippen LogP contribution >= 0.6 is 0 Å². The Hall–Kier alpha value is -1.91. The van der Waals surface area contributed by atoms with E-state index >= 15 is 0 Å². The van der Waals surface area contributed by atoms with E-state index in [9.17, 15) is 4.79 Å². The Morgan fingerprint density at radius 3 is 2.82 bits per heavy atom. The van der Waals surface area contributed by atoms with Gasteiger partial charge in [0, 0.05) is 13.1 Å². The molecule has 1 fully saturated rings. The Morgan fingerprint density at radius 2 is 2.05 bits per heavy atom. The Balaban J connectivity index is 1.71. The van der Waals surface area contributed by atoms with E-state index in [0.717, 1.165) is 19.5 Å². The van der Waals surface area contributed by atoms with Crippen LogP contribution in [-0.2, 0) is 16.0 Å². The van der Waals surface area contributed by atoms with Crippen LogP contribution in [0.4, 0.5) is 0 Å². The van der Waals surface area contributed by atoms with Crippen molar-refractivity contribution in [2.45, 2.75) is 25.5 Å². The van der Waals surface area contributed by atoms with Crippen molar-refractivity contribution < 1.29 is 9.53 Å². The number of rotatable bonds is 4. The van der Waals surface area contributed by atoms with Gasteiger partial charge >= 0.3 is 0 Å². The van der Waals surface area contributed by atoms with Crippen molar-refractivity contribution in [2.24, 2.45) is 5.73 Å². The average molecular weight is 298 g/mol. The van der Waals surface area contributed by atoms with E-state index in [4.69, 9.17) is 10.5 Å². The minimum Gasteiger partial charge on any atom is -0.375 e. The van der Waals surface area contributed by atoms with Crippen molar-refractivity contribution in [3.63, 3.8) is 0 Å². The Labute approximate surface area is 130 Å². The van der Waals surface area contributed by atoms with Crippen LogP contribution in [0.15, 0.2) is 42.5 Å². The highest BCUT2D eigenvalue weighted by molar-refractivity contribution is 5.83. The number of nitrogens with two attached hydrogens (primary N) is 1. The third-order valence-corrected chi connectivity index (χ3v) is 4.39. The molecule has 4 heteroatoms. The number of hydrogen-bond donors (Lipinski definition) is 1. The number of carbonyl (C=O) groups is 1. The van der Waals surface area contributed by atoms with Gasteiger partial charge in [0.05, 0.1) is 12.7 Å². The first-order chi connectivity index (χ1) is 10.6. The summed E-state index contributed by atoms with van der Waals surface area (Å²) in [6.45, 7) is 4.14. The number of morpholine rings is 1. The van der Waals surface area contributed by atoms with E-state index in [1.54, 1.807) is 0 Å². The van der Waals surface area contributed by atoms with E-state index < -0.39 is 0 Å². The standard InChI is InChI=1S/C18H22N2O2/c1-13-17(18(19)21)20(10-11-22-13)9-8-14-6-7-15-4-2-3-5-16(15)12-14/h2-7,12-13,17H,8-11H2,1H3,(H2,19,21)/t13-,17+/m1/s1. The lowest BCUT2D eigenvalue weighted by atomic mass is 10.0. The van der Waals surface area contributed by atoms with Gasteiger partial charge in [0.15, 0.2) is 0 Å². The molecule has 22 heavy (non-hydrogen) atoms. The minimum absolute atomic E-state index is 0.136. The fourth-order valence-electron chi connectivity index (χ4n) is 3.21. The number of primary amides is 1. The third-order valence-electron chi connectivity index (χ3n) is 4.39. The molecule has 0 bridgehead atoms. The Morgan fingerprint density at radius 1 is 1.27 bits per heavy atom. The maximum Gasteiger partial charge on any atom is 0.237 e. The summed E-state index contributed by atoms with van der Waals surface area (Å²) in [5, 5.41) is 2.50. The van der Waals surface area contributed by atoms with E-state index in [2.05, 4.69) is 47.4 Å². The van der Waals surface area contributed by atoms with Crippen LogP contribution in [0.25, 0.3) is 10.8 Å². The Bertz CT molecular complexity index is 671. The predicted molar refractivity (Wildman–Crippen MR) is 87.6 cm³/mol. The molecule has 2 atom stereocenters. The first-order valence-electron chi connectivity index (χ1n) is 7.78. The molecule has 0 aromatic heterocycles. The molecule has 1 saturated heterocycles. The molecule has 0 spiro atoms. The van der Waals surface area contributed by atoms with E-state index in [1.807, 2.05) is 6.92 Å². The lowest BCUT2D eigenvalue weighted by Crippen LogP contribution is -2.56. The van der Waals surface area contributed by atoms with Crippen LogP contribution in [-0.4, -0.2) is 42.6 Å². The summed E-state index contributed by atoms with van der Waals surface area (Å²) < 4.78 is 5.55. The number of fused-ring (bicyclic) bond motifs is 1. The van der Waals surface area contributed by atoms with Crippen LogP contribution in [0, 0.1) is 0 Å². The van der Waals surface area contributed by atoms with Crippen LogP contribution in [0.3, 0.4) is 0 Å². The maximum absolute atomic E-state index is 11.7. The number of carbonyl (C=O) groups excluding carboxylic acids is 1. The minimum atomic E-state index is -0.325. The van der Waals surface area contributed by atoms with Crippen LogP contribution in [0.2, 0.25) is 0 Å². The van der Waals surface area contributed by atoms with E-state index in [1.165, 1.54) is 16.3 Å². The smallest absolute Gasteiger partial charge is 0.237 e. The third kappa shape index (κ3) is 3.13. The van der Waals surface area contributed by atoms with Crippen LogP contribution in [0.5, 0.6) is 0 Å². The van der Waals surface area contributed by atoms with E-state index in [-0.39, 0.29) is 18.1 Å². The van der Waals surface area contributed by atoms with Gasteiger partial charge in [0.25, 0.3) is 0 Å². The summed E-state index contributed by atoms with van der Waals surface area (Å²) in [6.07, 6.45) is 0.768. The fourth-order valence-corrected chi connectivity index (χ4v) is 3.21. The van der Waals surface area contributed by atoms with Crippen molar-refractivity contribution in [3.05, 3.63) is 48.0 Å². The van der Waals surface area contributed by atoms with Gasteiger partial charge in [-0.1, -0.05) is 42.5 Å². The number of amides is 1. The summed E-state index contributed by atoms with van der Waals surface area (Å²) in [5.41, 5.74) is 6.81. The molecule has 2 aromatic rings. The van der Waals surface area contributed by atoms with Crippen molar-refractivity contribution in [1.29, 1.82) is 0 Å². The molecule has 0 radical (unpaired) electrons. The highest BCUT2D eigenvalue weighted by atomic mass is 16.5. The highest BCUT2D eigenvalue weighted by Gasteiger charge is 2.33. The van der Waals surface area contributed by atoms with Crippen molar-refractivity contribution in [2.75, 3.05) is 19.7 Å². The second kappa shape index (κ2) is 6.46. The zero-order valence-electron chi connectivity index (χ0n) is 12.9. The predicted octanol–water partition coefficient (Wildman–Crippen LogP) is 1.96. The van der Waals surface area contributed by atoms with Gasteiger partial charge in [0.2, 0.25) is 5.91 Å². The zero-order valence-corrected chi connectivity index (χ0v) is 12.9. The van der Waals surface area contributed by atoms with Gasteiger partial charge < -0.3 is 10.5 Å². The Kier molecular flexibility index (Phi) is 4.41. The zero-order chi connectivity index (χ0) is 15.5. The van der Waals surface area contributed by atoms with Gasteiger partial charge in [-0.05, 0) is 29.7 Å². The normalized spacial score (nSPS) is 22.8. The van der Waals surface area contributed by atoms with Crippen molar-refractivity contribution in [3.8, 4) is 0 Å². The quantitative estimate of drug-likeness (QED) is 0.938. The van der Waals surface area contributed by atoms with Gasteiger partial charge in [-0.15, -0.1) is 0 Å². The largest absolute Gasteiger partial charge is 0.375 e. The van der Waals surface area contributed by atoms with Crippen LogP contribution < -0.4 is 5.73 Å². The molecule has 0 saturated carbocycles. The van der Waals surface area contributed by atoms with Gasteiger partial charge in [-0.2, -0.15) is 0 Å². The van der Waals surface area contributed by atoms with Crippen LogP contribution in [0.1, 0.15) is 12.5 Å². The summed E-state index contributed by atoms with van der Waals surface area (Å²) in [4.78, 5) is 13.8. The molecule has 116 valence electrons. The van der Waals surface area contributed by atoms with E-state index in [0.29, 0.717) is 6.61 Å². The number of nitrogens with zero attached hydrogens (tertiary/aromatic N) is 1. The molecule has 3 rings (SSSR count). The number of ether oxygens (including phenoxy) is 1. The lowest BCUT2D eigenvalue weighted by Gasteiger charge is -2.37. The second-order valence-electron chi connectivity index (χ2n) is 5.89. The monoisotopic (exact) mass is 298 g/mol. The number of hydrogen-bond acceptors (Lipinski definition) is 3. The fraction of sp³-hybridized carbons (Fsp3) is 0.389. The molecule has 2 aromatic carbocycles. The van der Waals surface area contributed by atoms with Gasteiger partial charge in [-0.3, -0.25) is 9.69 Å². The molecule has 1 aliphatic heterocycles. The SMILES string of the molecule is C[C@H]1OCCN(CCc2ccc3ccccc3c2)[C@@H]1C(N)=O. The topological polar surface area (TPSA) is 55.6 Å².